The number of aliphatic hydroxyl groups is 1. The second-order valence-corrected chi connectivity index (χ2v) is 5.02. The monoisotopic (exact) mass is 313 g/mol. The largest absolute Gasteiger partial charge is 0.416 e. The summed E-state index contributed by atoms with van der Waals surface area (Å²) in [7, 11) is 0. The molecular formula is C15H14F3NOS. The molecule has 2 aromatic carbocycles. The highest BCUT2D eigenvalue weighted by Gasteiger charge is 2.30. The van der Waals surface area contributed by atoms with Crippen molar-refractivity contribution in [2.24, 2.45) is 0 Å². The van der Waals surface area contributed by atoms with E-state index in [-0.39, 0.29) is 6.54 Å². The molecule has 2 nitrogen and oxygen atoms in total. The van der Waals surface area contributed by atoms with Crippen molar-refractivity contribution in [1.29, 1.82) is 0 Å². The first-order chi connectivity index (χ1) is 9.88. The molecule has 2 N–H and O–H groups in total. The lowest BCUT2D eigenvalue weighted by Gasteiger charge is -2.15. The number of alkyl halides is 3. The predicted octanol–water partition coefficient (Wildman–Crippen LogP) is 3.77. The average Bonchev–Trinajstić information content (AvgIpc) is 2.45. The zero-order valence-corrected chi connectivity index (χ0v) is 11.8. The summed E-state index contributed by atoms with van der Waals surface area (Å²) in [5.41, 5.74) is 0.319. The van der Waals surface area contributed by atoms with E-state index >= 15 is 0 Å². The number of benzene rings is 2. The summed E-state index contributed by atoms with van der Waals surface area (Å²) >= 11 is 4.22. The van der Waals surface area contributed by atoms with E-state index in [0.29, 0.717) is 16.0 Å². The van der Waals surface area contributed by atoms with Gasteiger partial charge in [0.05, 0.1) is 5.56 Å². The second-order valence-electron chi connectivity index (χ2n) is 4.54. The third-order valence-electron chi connectivity index (χ3n) is 2.99. The van der Waals surface area contributed by atoms with Gasteiger partial charge >= 0.3 is 6.18 Å². The van der Waals surface area contributed by atoms with E-state index in [9.17, 15) is 18.3 Å². The Morgan fingerprint density at radius 3 is 2.48 bits per heavy atom. The molecule has 0 aliphatic carbocycles. The van der Waals surface area contributed by atoms with Gasteiger partial charge < -0.3 is 5.11 Å². The number of rotatable bonds is 4. The van der Waals surface area contributed by atoms with E-state index in [1.54, 1.807) is 30.3 Å². The summed E-state index contributed by atoms with van der Waals surface area (Å²) in [6, 6.07) is 12.0. The highest BCUT2D eigenvalue weighted by atomic mass is 32.1. The van der Waals surface area contributed by atoms with E-state index in [0.717, 1.165) is 12.1 Å². The quantitative estimate of drug-likeness (QED) is 0.593. The number of hydrogen-bond donors (Lipinski definition) is 3. The van der Waals surface area contributed by atoms with Crippen molar-refractivity contribution >= 4 is 12.6 Å². The van der Waals surface area contributed by atoms with Gasteiger partial charge in [-0.25, -0.2) is 0 Å². The van der Waals surface area contributed by atoms with Crippen molar-refractivity contribution in [2.45, 2.75) is 23.8 Å². The van der Waals surface area contributed by atoms with E-state index in [1.807, 2.05) is 0 Å². The molecule has 0 spiro atoms. The van der Waals surface area contributed by atoms with Crippen molar-refractivity contribution in [3.63, 3.8) is 0 Å². The molecule has 0 aromatic heterocycles. The molecule has 2 rings (SSSR count). The molecule has 0 bridgehead atoms. The van der Waals surface area contributed by atoms with Crippen LogP contribution >= 0.6 is 12.6 Å². The normalized spacial score (nSPS) is 13.2. The van der Waals surface area contributed by atoms with Crippen LogP contribution in [0.1, 0.15) is 22.9 Å². The van der Waals surface area contributed by atoms with Gasteiger partial charge in [-0.05, 0) is 17.7 Å². The van der Waals surface area contributed by atoms with Gasteiger partial charge in [-0.2, -0.15) is 13.2 Å². The Kier molecular flexibility index (Phi) is 4.92. The fourth-order valence-corrected chi connectivity index (χ4v) is 2.18. The number of halogens is 3. The summed E-state index contributed by atoms with van der Waals surface area (Å²) in [5, 5.41) is 12.8. The van der Waals surface area contributed by atoms with Crippen molar-refractivity contribution in [2.75, 3.05) is 0 Å². The van der Waals surface area contributed by atoms with Crippen LogP contribution < -0.4 is 5.32 Å². The molecule has 0 amide bonds. The molecule has 0 fully saturated rings. The van der Waals surface area contributed by atoms with Gasteiger partial charge in [-0.15, -0.1) is 12.6 Å². The lowest BCUT2D eigenvalue weighted by molar-refractivity contribution is -0.137. The molecular weight excluding hydrogens is 299 g/mol. The fraction of sp³-hybridized carbons (Fsp3) is 0.200. The standard InChI is InChI=1S/C15H14F3NOS/c16-15(17,18)11-5-3-4-10(8-11)9-19-14(20)12-6-1-2-7-13(12)21/h1-8,14,19-21H,9H2. The Hall–Kier alpha value is -1.50. The van der Waals surface area contributed by atoms with Gasteiger partial charge in [0.2, 0.25) is 0 Å². The van der Waals surface area contributed by atoms with E-state index in [4.69, 9.17) is 0 Å². The maximum Gasteiger partial charge on any atom is 0.416 e. The SMILES string of the molecule is OC(NCc1cccc(C(F)(F)F)c1)c1ccccc1S. The van der Waals surface area contributed by atoms with Crippen LogP contribution in [0.3, 0.4) is 0 Å². The molecule has 0 saturated heterocycles. The van der Waals surface area contributed by atoms with Crippen molar-refractivity contribution < 1.29 is 18.3 Å². The number of nitrogens with one attached hydrogen (secondary N) is 1. The van der Waals surface area contributed by atoms with Crippen LogP contribution in [-0.4, -0.2) is 5.11 Å². The number of hydrogen-bond acceptors (Lipinski definition) is 3. The summed E-state index contributed by atoms with van der Waals surface area (Å²) in [5.74, 6) is 0. The summed E-state index contributed by atoms with van der Waals surface area (Å²) in [6.07, 6.45) is -5.36. The van der Waals surface area contributed by atoms with Crippen molar-refractivity contribution in [3.8, 4) is 0 Å². The van der Waals surface area contributed by atoms with Gasteiger partial charge in [0, 0.05) is 17.0 Å². The minimum atomic E-state index is -4.37. The highest BCUT2D eigenvalue weighted by molar-refractivity contribution is 7.80. The summed E-state index contributed by atoms with van der Waals surface area (Å²) < 4.78 is 37.8. The summed E-state index contributed by atoms with van der Waals surface area (Å²) in [4.78, 5) is 0.613. The molecule has 2 aromatic rings. The Labute approximate surface area is 126 Å². The van der Waals surface area contributed by atoms with E-state index < -0.39 is 18.0 Å². The third-order valence-corrected chi connectivity index (χ3v) is 3.39. The lowest BCUT2D eigenvalue weighted by Crippen LogP contribution is -2.21. The van der Waals surface area contributed by atoms with Gasteiger partial charge in [-0.3, -0.25) is 5.32 Å². The Bertz CT molecular complexity index is 616. The summed E-state index contributed by atoms with van der Waals surface area (Å²) in [6.45, 7) is 0.118. The minimum Gasteiger partial charge on any atom is -0.374 e. The van der Waals surface area contributed by atoms with Gasteiger partial charge in [0.15, 0.2) is 0 Å². The molecule has 0 heterocycles. The molecule has 0 aliphatic rings. The maximum absolute atomic E-state index is 12.6. The van der Waals surface area contributed by atoms with Gasteiger partial charge in [0.25, 0.3) is 0 Å². The Balaban J connectivity index is 2.05. The second kappa shape index (κ2) is 6.51. The molecule has 1 unspecified atom stereocenters. The third kappa shape index (κ3) is 4.23. The smallest absolute Gasteiger partial charge is 0.374 e. The lowest BCUT2D eigenvalue weighted by atomic mass is 10.1. The Morgan fingerprint density at radius 2 is 1.81 bits per heavy atom. The number of thiol groups is 1. The van der Waals surface area contributed by atoms with E-state index in [2.05, 4.69) is 17.9 Å². The van der Waals surface area contributed by atoms with Crippen LogP contribution in [0.2, 0.25) is 0 Å². The number of aliphatic hydroxyl groups excluding tert-OH is 1. The average molecular weight is 313 g/mol. The maximum atomic E-state index is 12.6. The molecule has 0 aliphatic heterocycles. The van der Waals surface area contributed by atoms with Crippen LogP contribution in [0, 0.1) is 0 Å². The minimum absolute atomic E-state index is 0.118. The van der Waals surface area contributed by atoms with E-state index in [1.165, 1.54) is 6.07 Å². The topological polar surface area (TPSA) is 32.3 Å². The van der Waals surface area contributed by atoms with Crippen LogP contribution in [0.5, 0.6) is 0 Å². The molecule has 21 heavy (non-hydrogen) atoms. The molecule has 1 atom stereocenters. The first-order valence-corrected chi connectivity index (χ1v) is 6.68. The zero-order valence-electron chi connectivity index (χ0n) is 10.9. The fourth-order valence-electron chi connectivity index (χ4n) is 1.90. The zero-order chi connectivity index (χ0) is 15.5. The van der Waals surface area contributed by atoms with Gasteiger partial charge in [0.1, 0.15) is 6.23 Å². The van der Waals surface area contributed by atoms with Crippen LogP contribution in [0.25, 0.3) is 0 Å². The molecule has 6 heteroatoms. The van der Waals surface area contributed by atoms with Crippen molar-refractivity contribution in [1.82, 2.24) is 5.32 Å². The molecule has 0 saturated carbocycles. The first kappa shape index (κ1) is 15.9. The molecule has 0 radical (unpaired) electrons. The highest BCUT2D eigenvalue weighted by Crippen LogP contribution is 2.29. The van der Waals surface area contributed by atoms with Crippen molar-refractivity contribution in [3.05, 3.63) is 65.2 Å². The van der Waals surface area contributed by atoms with Gasteiger partial charge in [-0.1, -0.05) is 36.4 Å². The van der Waals surface area contributed by atoms with Crippen LogP contribution in [-0.2, 0) is 12.7 Å². The Morgan fingerprint density at radius 1 is 1.10 bits per heavy atom. The first-order valence-electron chi connectivity index (χ1n) is 6.23. The predicted molar refractivity (Wildman–Crippen MR) is 76.9 cm³/mol. The van der Waals surface area contributed by atoms with Crippen LogP contribution in [0.15, 0.2) is 53.4 Å². The molecule has 112 valence electrons. The van der Waals surface area contributed by atoms with Crippen LogP contribution in [0.4, 0.5) is 13.2 Å².